The minimum absolute atomic E-state index is 0.680. The van der Waals surface area contributed by atoms with Crippen LogP contribution < -0.4 is 0 Å². The fourth-order valence-electron chi connectivity index (χ4n) is 8.70. The lowest BCUT2D eigenvalue weighted by Gasteiger charge is -2.12. The van der Waals surface area contributed by atoms with Crippen molar-refractivity contribution in [1.29, 1.82) is 0 Å². The van der Waals surface area contributed by atoms with Crippen molar-refractivity contribution in [1.82, 2.24) is 29.5 Å². The molecule has 0 N–H and O–H groups in total. The number of hydrogen-bond acceptors (Lipinski definition) is 5. The molecule has 0 atom stereocenters. The van der Waals surface area contributed by atoms with Crippen LogP contribution in [0.15, 0.2) is 219 Å². The zero-order valence-electron chi connectivity index (χ0n) is 34.0. The number of pyridine rings is 3. The molecule has 0 spiro atoms. The van der Waals surface area contributed by atoms with Gasteiger partial charge in [-0.15, -0.1) is 0 Å². The highest BCUT2D eigenvalue weighted by atomic mass is 15.0. The molecule has 0 aliphatic rings. The number of rotatable bonds is 7. The van der Waals surface area contributed by atoms with Crippen LogP contribution in [0, 0.1) is 0 Å². The van der Waals surface area contributed by atoms with Crippen molar-refractivity contribution in [3.05, 3.63) is 219 Å². The van der Waals surface area contributed by atoms with Crippen molar-refractivity contribution in [2.45, 2.75) is 0 Å². The first-order chi connectivity index (χ1) is 31.2. The van der Waals surface area contributed by atoms with E-state index in [9.17, 15) is 0 Å². The highest BCUT2D eigenvalue weighted by Crippen LogP contribution is 2.35. The molecule has 294 valence electrons. The number of nitrogens with zero attached hydrogens (tertiary/aromatic N) is 6. The van der Waals surface area contributed by atoms with Crippen LogP contribution in [0.5, 0.6) is 0 Å². The van der Waals surface area contributed by atoms with Gasteiger partial charge in [0.05, 0.1) is 50.5 Å². The summed E-state index contributed by atoms with van der Waals surface area (Å²) in [5.74, 6) is 0.680. The summed E-state index contributed by atoms with van der Waals surface area (Å²) in [7, 11) is 0. The lowest BCUT2D eigenvalue weighted by Crippen LogP contribution is -1.98. The van der Waals surface area contributed by atoms with E-state index in [2.05, 4.69) is 179 Å². The smallest absolute Gasteiger partial charge is 0.160 e. The molecule has 0 unspecified atom stereocenters. The third-order valence-corrected chi connectivity index (χ3v) is 11.9. The summed E-state index contributed by atoms with van der Waals surface area (Å²) in [5.41, 5.74) is 15.9. The monoisotopic (exact) mass is 804 g/mol. The summed E-state index contributed by atoms with van der Waals surface area (Å²) in [6.45, 7) is 0. The molecule has 5 aromatic heterocycles. The predicted octanol–water partition coefficient (Wildman–Crippen LogP) is 14.1. The zero-order chi connectivity index (χ0) is 41.7. The van der Waals surface area contributed by atoms with Gasteiger partial charge in [-0.2, -0.15) is 0 Å². The number of hydrogen-bond donors (Lipinski definition) is 0. The van der Waals surface area contributed by atoms with Crippen LogP contribution in [0.1, 0.15) is 0 Å². The van der Waals surface area contributed by atoms with E-state index in [1.54, 1.807) is 6.20 Å². The second-order valence-electron chi connectivity index (χ2n) is 15.7. The van der Waals surface area contributed by atoms with Crippen LogP contribution in [-0.4, -0.2) is 29.5 Å². The second-order valence-corrected chi connectivity index (χ2v) is 15.7. The molecule has 6 nitrogen and oxygen atoms in total. The van der Waals surface area contributed by atoms with Gasteiger partial charge in [0.2, 0.25) is 0 Å². The lowest BCUT2D eigenvalue weighted by molar-refractivity contribution is 1.16. The van der Waals surface area contributed by atoms with E-state index in [0.717, 1.165) is 89.3 Å². The van der Waals surface area contributed by atoms with Gasteiger partial charge in [0.15, 0.2) is 5.82 Å². The third-order valence-electron chi connectivity index (χ3n) is 11.9. The molecule has 5 heterocycles. The van der Waals surface area contributed by atoms with Gasteiger partial charge in [0.25, 0.3) is 0 Å². The van der Waals surface area contributed by atoms with Gasteiger partial charge in [-0.3, -0.25) is 4.98 Å². The number of para-hydroxylation sites is 2. The van der Waals surface area contributed by atoms with Gasteiger partial charge >= 0.3 is 0 Å². The first-order valence-electron chi connectivity index (χ1n) is 21.1. The largest absolute Gasteiger partial charge is 0.309 e. The predicted molar refractivity (Wildman–Crippen MR) is 257 cm³/mol. The normalized spacial score (nSPS) is 11.5. The highest BCUT2D eigenvalue weighted by Gasteiger charge is 2.15. The molecule has 0 radical (unpaired) electrons. The van der Waals surface area contributed by atoms with Gasteiger partial charge in [0.1, 0.15) is 0 Å². The van der Waals surface area contributed by atoms with E-state index in [0.29, 0.717) is 5.82 Å². The molecule has 0 bridgehead atoms. The SMILES string of the molecule is c1ccc(-c2nc(-c3ccc(-c4ccc5cc(-c6ccc7ccc(-c8ccccn8)nc7c6)ccc5n4)cc3)cc(-c3cccc(-n4c5ccccc5c5ccccc54)c3)n2)cc1. The summed E-state index contributed by atoms with van der Waals surface area (Å²) in [5, 5.41) is 4.64. The van der Waals surface area contributed by atoms with Crippen molar-refractivity contribution >= 4 is 43.6 Å². The van der Waals surface area contributed by atoms with Gasteiger partial charge in [-0.05, 0) is 83.9 Å². The van der Waals surface area contributed by atoms with Gasteiger partial charge in [-0.25, -0.2) is 19.9 Å². The van der Waals surface area contributed by atoms with E-state index in [1.165, 1.54) is 21.8 Å². The van der Waals surface area contributed by atoms with Crippen LogP contribution in [-0.2, 0) is 0 Å². The molecule has 12 rings (SSSR count). The molecule has 6 heteroatoms. The Morgan fingerprint density at radius 1 is 0.302 bits per heavy atom. The van der Waals surface area contributed by atoms with Crippen molar-refractivity contribution in [3.8, 4) is 73.4 Å². The van der Waals surface area contributed by atoms with Gasteiger partial charge < -0.3 is 4.57 Å². The summed E-state index contributed by atoms with van der Waals surface area (Å²) in [4.78, 5) is 24.8. The Hall–Kier alpha value is -8.61. The van der Waals surface area contributed by atoms with Crippen LogP contribution in [0.25, 0.3) is 117 Å². The first kappa shape index (κ1) is 36.3. The van der Waals surface area contributed by atoms with Crippen LogP contribution >= 0.6 is 0 Å². The second kappa shape index (κ2) is 15.1. The Morgan fingerprint density at radius 2 is 0.905 bits per heavy atom. The fraction of sp³-hybridized carbons (Fsp3) is 0. The van der Waals surface area contributed by atoms with E-state index in [-0.39, 0.29) is 0 Å². The number of fused-ring (bicyclic) bond motifs is 5. The number of aromatic nitrogens is 6. The maximum atomic E-state index is 5.16. The Morgan fingerprint density at radius 3 is 1.68 bits per heavy atom. The van der Waals surface area contributed by atoms with Crippen LogP contribution in [0.3, 0.4) is 0 Å². The molecule has 0 fully saturated rings. The van der Waals surface area contributed by atoms with Crippen molar-refractivity contribution in [2.24, 2.45) is 0 Å². The highest BCUT2D eigenvalue weighted by molar-refractivity contribution is 6.09. The Kier molecular flexibility index (Phi) is 8.71. The Bertz CT molecular complexity index is 3620. The molecule has 0 aliphatic carbocycles. The van der Waals surface area contributed by atoms with Crippen molar-refractivity contribution < 1.29 is 0 Å². The van der Waals surface area contributed by atoms with E-state index in [1.807, 2.05) is 42.5 Å². The van der Waals surface area contributed by atoms with E-state index < -0.39 is 0 Å². The van der Waals surface area contributed by atoms with E-state index >= 15 is 0 Å². The Balaban J connectivity index is 0.866. The minimum atomic E-state index is 0.680. The summed E-state index contributed by atoms with van der Waals surface area (Å²) >= 11 is 0. The molecule has 63 heavy (non-hydrogen) atoms. The third kappa shape index (κ3) is 6.67. The molecule has 0 amide bonds. The van der Waals surface area contributed by atoms with Crippen LogP contribution in [0.4, 0.5) is 0 Å². The van der Waals surface area contributed by atoms with Crippen molar-refractivity contribution in [2.75, 3.05) is 0 Å². The average Bonchev–Trinajstić information content (AvgIpc) is 3.70. The minimum Gasteiger partial charge on any atom is -0.309 e. The molecule has 0 saturated carbocycles. The standard InChI is InChI=1S/C57H36N6/c1-2-11-40(12-3-1)57-61-53(36-54(62-57)43-13-10-14-45(34-43)63-55-18-6-4-15-46(55)47-16-5-7-19-56(47)63)38-22-20-37(21-23-38)48-30-28-44-33-41(27-29-49(44)59-48)42-25-24-39-26-31-51(60-52(39)35-42)50-17-8-9-32-58-50/h1-36H. The summed E-state index contributed by atoms with van der Waals surface area (Å²) in [6.07, 6.45) is 1.80. The van der Waals surface area contributed by atoms with E-state index in [4.69, 9.17) is 19.9 Å². The maximum Gasteiger partial charge on any atom is 0.160 e. The molecule has 0 aliphatic heterocycles. The lowest BCUT2D eigenvalue weighted by atomic mass is 10.0. The first-order valence-corrected chi connectivity index (χ1v) is 21.1. The molecule has 7 aromatic carbocycles. The molecular weight excluding hydrogens is 769 g/mol. The summed E-state index contributed by atoms with van der Waals surface area (Å²) in [6, 6.07) is 73.8. The topological polar surface area (TPSA) is 69.4 Å². The van der Waals surface area contributed by atoms with Gasteiger partial charge in [-0.1, -0.05) is 140 Å². The average molecular weight is 805 g/mol. The maximum absolute atomic E-state index is 5.16. The summed E-state index contributed by atoms with van der Waals surface area (Å²) < 4.78 is 2.34. The fourth-order valence-corrected chi connectivity index (χ4v) is 8.70. The molecular formula is C57H36N6. The van der Waals surface area contributed by atoms with Crippen molar-refractivity contribution in [3.63, 3.8) is 0 Å². The Labute approximate surface area is 363 Å². The number of benzene rings is 7. The van der Waals surface area contributed by atoms with Crippen LogP contribution in [0.2, 0.25) is 0 Å². The molecule has 12 aromatic rings. The van der Waals surface area contributed by atoms with Gasteiger partial charge in [0, 0.05) is 55.7 Å². The quantitative estimate of drug-likeness (QED) is 0.160. The molecule has 0 saturated heterocycles. The zero-order valence-corrected chi connectivity index (χ0v) is 34.0.